The molecule has 0 saturated carbocycles. The minimum atomic E-state index is -3.41. The van der Waals surface area contributed by atoms with Gasteiger partial charge in [-0.2, -0.15) is 12.7 Å². The normalized spacial score (nSPS) is 19.4. The number of rotatable bonds is 5. The molecule has 6 heteroatoms. The summed E-state index contributed by atoms with van der Waals surface area (Å²) in [6, 6.07) is 9.21. The molecule has 1 saturated heterocycles. The van der Waals surface area contributed by atoms with Crippen LogP contribution in [0.4, 0.5) is 0 Å². The summed E-state index contributed by atoms with van der Waals surface area (Å²) < 4.78 is 28.6. The van der Waals surface area contributed by atoms with Gasteiger partial charge in [0, 0.05) is 25.7 Å². The highest BCUT2D eigenvalue weighted by Gasteiger charge is 2.23. The molecule has 2 rings (SSSR count). The Morgan fingerprint density at radius 2 is 1.70 bits per heavy atom. The third-order valence-electron chi connectivity index (χ3n) is 3.62. The molecule has 0 aromatic heterocycles. The van der Waals surface area contributed by atoms with E-state index in [1.807, 2.05) is 30.3 Å². The van der Waals surface area contributed by atoms with Crippen molar-refractivity contribution in [3.8, 4) is 0 Å². The van der Waals surface area contributed by atoms with Crippen molar-refractivity contribution in [1.82, 2.24) is 9.03 Å². The van der Waals surface area contributed by atoms with E-state index in [2.05, 4.69) is 4.72 Å². The molecule has 1 unspecified atom stereocenters. The smallest absolute Gasteiger partial charge is 0.279 e. The number of hydrogen-bond acceptors (Lipinski definition) is 3. The van der Waals surface area contributed by atoms with Gasteiger partial charge in [-0.1, -0.05) is 43.2 Å². The zero-order valence-electron chi connectivity index (χ0n) is 11.7. The molecule has 1 aromatic rings. The van der Waals surface area contributed by atoms with Crippen LogP contribution in [0.15, 0.2) is 30.3 Å². The van der Waals surface area contributed by atoms with E-state index in [9.17, 15) is 8.42 Å². The summed E-state index contributed by atoms with van der Waals surface area (Å²) in [4.78, 5) is 0. The first-order valence-electron chi connectivity index (χ1n) is 7.15. The van der Waals surface area contributed by atoms with Crippen molar-refractivity contribution in [2.24, 2.45) is 5.73 Å². The summed E-state index contributed by atoms with van der Waals surface area (Å²) in [5.41, 5.74) is 6.95. The van der Waals surface area contributed by atoms with Gasteiger partial charge in [-0.05, 0) is 18.4 Å². The molecule has 1 aliphatic heterocycles. The number of benzene rings is 1. The van der Waals surface area contributed by atoms with Gasteiger partial charge < -0.3 is 5.73 Å². The van der Waals surface area contributed by atoms with Crippen LogP contribution >= 0.6 is 0 Å². The lowest BCUT2D eigenvalue weighted by Gasteiger charge is -2.21. The fourth-order valence-electron chi connectivity index (χ4n) is 2.39. The second-order valence-electron chi connectivity index (χ2n) is 5.18. The Morgan fingerprint density at radius 3 is 2.30 bits per heavy atom. The van der Waals surface area contributed by atoms with E-state index in [0.717, 1.165) is 31.2 Å². The molecular weight excluding hydrogens is 274 g/mol. The molecule has 0 aliphatic carbocycles. The molecule has 20 heavy (non-hydrogen) atoms. The molecule has 1 aliphatic rings. The molecule has 0 amide bonds. The Kier molecular flexibility index (Phi) is 5.54. The van der Waals surface area contributed by atoms with Gasteiger partial charge >= 0.3 is 0 Å². The zero-order chi connectivity index (χ0) is 14.4. The van der Waals surface area contributed by atoms with Crippen LogP contribution in [0.2, 0.25) is 0 Å². The fraction of sp³-hybridized carbons (Fsp3) is 0.571. The molecule has 1 aromatic carbocycles. The molecule has 3 N–H and O–H groups in total. The average molecular weight is 297 g/mol. The summed E-state index contributed by atoms with van der Waals surface area (Å²) in [5.74, 6) is 0. The Balaban J connectivity index is 1.91. The SMILES string of the molecule is NC(CNS(=O)(=O)N1CCCCCC1)c1ccccc1. The van der Waals surface area contributed by atoms with Gasteiger partial charge in [-0.3, -0.25) is 0 Å². The lowest BCUT2D eigenvalue weighted by molar-refractivity contribution is 0.413. The van der Waals surface area contributed by atoms with Gasteiger partial charge in [-0.25, -0.2) is 4.72 Å². The molecule has 1 heterocycles. The number of nitrogens with two attached hydrogens (primary N) is 1. The Bertz CT molecular complexity index is 496. The van der Waals surface area contributed by atoms with Crippen molar-refractivity contribution >= 4 is 10.2 Å². The van der Waals surface area contributed by atoms with Crippen molar-refractivity contribution in [2.45, 2.75) is 31.7 Å². The topological polar surface area (TPSA) is 75.4 Å². The average Bonchev–Trinajstić information content (AvgIpc) is 2.75. The molecule has 112 valence electrons. The fourth-order valence-corrected chi connectivity index (χ4v) is 3.70. The summed E-state index contributed by atoms with van der Waals surface area (Å²) in [6.45, 7) is 1.44. The van der Waals surface area contributed by atoms with E-state index in [1.54, 1.807) is 0 Å². The maximum absolute atomic E-state index is 12.2. The predicted octanol–water partition coefficient (Wildman–Crippen LogP) is 1.40. The van der Waals surface area contributed by atoms with Gasteiger partial charge in [0.2, 0.25) is 0 Å². The minimum Gasteiger partial charge on any atom is -0.323 e. The highest BCUT2D eigenvalue weighted by Crippen LogP contribution is 2.13. The molecule has 1 atom stereocenters. The predicted molar refractivity (Wildman–Crippen MR) is 80.3 cm³/mol. The Morgan fingerprint density at radius 1 is 1.10 bits per heavy atom. The monoisotopic (exact) mass is 297 g/mol. The summed E-state index contributed by atoms with van der Waals surface area (Å²) in [6.07, 6.45) is 4.09. The largest absolute Gasteiger partial charge is 0.323 e. The van der Waals surface area contributed by atoms with E-state index in [-0.39, 0.29) is 12.6 Å². The third-order valence-corrected chi connectivity index (χ3v) is 5.19. The van der Waals surface area contributed by atoms with Gasteiger partial charge in [0.15, 0.2) is 0 Å². The highest BCUT2D eigenvalue weighted by molar-refractivity contribution is 7.87. The first-order valence-corrected chi connectivity index (χ1v) is 8.59. The maximum Gasteiger partial charge on any atom is 0.279 e. The molecule has 1 fully saturated rings. The molecule has 0 spiro atoms. The minimum absolute atomic E-state index is 0.225. The first kappa shape index (κ1) is 15.4. The van der Waals surface area contributed by atoms with Gasteiger partial charge in [0.1, 0.15) is 0 Å². The molecular formula is C14H23N3O2S. The van der Waals surface area contributed by atoms with Crippen LogP contribution < -0.4 is 10.5 Å². The highest BCUT2D eigenvalue weighted by atomic mass is 32.2. The standard InChI is InChI=1S/C14H23N3O2S/c15-14(13-8-4-3-5-9-13)12-16-20(18,19)17-10-6-1-2-7-11-17/h3-5,8-9,14,16H,1-2,6-7,10-12,15H2. The number of nitrogens with one attached hydrogen (secondary N) is 1. The third kappa shape index (κ3) is 4.28. The summed E-state index contributed by atoms with van der Waals surface area (Å²) in [5, 5.41) is 0. The van der Waals surface area contributed by atoms with Gasteiger partial charge in [0.25, 0.3) is 10.2 Å². The quantitative estimate of drug-likeness (QED) is 0.862. The number of nitrogens with zero attached hydrogens (tertiary/aromatic N) is 1. The van der Waals surface area contributed by atoms with Gasteiger partial charge in [0.05, 0.1) is 0 Å². The van der Waals surface area contributed by atoms with Crippen LogP contribution in [-0.4, -0.2) is 32.4 Å². The van der Waals surface area contributed by atoms with Crippen molar-refractivity contribution in [2.75, 3.05) is 19.6 Å². The number of hydrogen-bond donors (Lipinski definition) is 2. The van der Waals surface area contributed by atoms with E-state index < -0.39 is 10.2 Å². The second-order valence-corrected chi connectivity index (χ2v) is 6.94. The van der Waals surface area contributed by atoms with Gasteiger partial charge in [-0.15, -0.1) is 0 Å². The maximum atomic E-state index is 12.2. The van der Waals surface area contributed by atoms with Crippen molar-refractivity contribution in [1.29, 1.82) is 0 Å². The van der Waals surface area contributed by atoms with Crippen LogP contribution in [0, 0.1) is 0 Å². The van der Waals surface area contributed by atoms with E-state index >= 15 is 0 Å². The van der Waals surface area contributed by atoms with Crippen LogP contribution in [0.25, 0.3) is 0 Å². The lowest BCUT2D eigenvalue weighted by atomic mass is 10.1. The van der Waals surface area contributed by atoms with E-state index in [4.69, 9.17) is 5.73 Å². The van der Waals surface area contributed by atoms with Crippen LogP contribution in [0.3, 0.4) is 0 Å². The first-order chi connectivity index (χ1) is 9.59. The molecule has 0 bridgehead atoms. The Hall–Kier alpha value is -0.950. The van der Waals surface area contributed by atoms with Crippen LogP contribution in [-0.2, 0) is 10.2 Å². The Labute approximate surface area is 121 Å². The molecule has 0 radical (unpaired) electrons. The van der Waals surface area contributed by atoms with E-state index in [0.29, 0.717) is 13.1 Å². The summed E-state index contributed by atoms with van der Waals surface area (Å²) >= 11 is 0. The lowest BCUT2D eigenvalue weighted by Crippen LogP contribution is -2.43. The van der Waals surface area contributed by atoms with Crippen molar-refractivity contribution < 1.29 is 8.42 Å². The second kappa shape index (κ2) is 7.17. The zero-order valence-corrected chi connectivity index (χ0v) is 12.5. The van der Waals surface area contributed by atoms with E-state index in [1.165, 1.54) is 4.31 Å². The summed E-state index contributed by atoms with van der Waals surface area (Å²) in [7, 11) is -3.41. The van der Waals surface area contributed by atoms with Crippen LogP contribution in [0.5, 0.6) is 0 Å². The van der Waals surface area contributed by atoms with Crippen molar-refractivity contribution in [3.63, 3.8) is 0 Å². The van der Waals surface area contributed by atoms with Crippen molar-refractivity contribution in [3.05, 3.63) is 35.9 Å². The molecule has 5 nitrogen and oxygen atoms in total. The van der Waals surface area contributed by atoms with Crippen LogP contribution in [0.1, 0.15) is 37.3 Å².